The van der Waals surface area contributed by atoms with Gasteiger partial charge < -0.3 is 9.30 Å². The van der Waals surface area contributed by atoms with E-state index in [1.807, 2.05) is 6.07 Å². The first-order valence-corrected chi connectivity index (χ1v) is 14.1. The third-order valence-corrected chi connectivity index (χ3v) is 8.65. The maximum absolute atomic E-state index is 13.2. The van der Waals surface area contributed by atoms with Crippen LogP contribution in [0.4, 0.5) is 5.69 Å². The molecule has 0 N–H and O–H groups in total. The summed E-state index contributed by atoms with van der Waals surface area (Å²) >= 11 is 7.33. The van der Waals surface area contributed by atoms with Crippen LogP contribution in [0.25, 0.3) is 10.2 Å². The van der Waals surface area contributed by atoms with E-state index in [-0.39, 0.29) is 30.2 Å². The van der Waals surface area contributed by atoms with Gasteiger partial charge in [0, 0.05) is 17.1 Å². The molecular weight excluding hydrogens is 534 g/mol. The minimum absolute atomic E-state index is 0.0589. The van der Waals surface area contributed by atoms with Crippen molar-refractivity contribution in [1.82, 2.24) is 4.57 Å². The zero-order chi connectivity index (χ0) is 26.6. The van der Waals surface area contributed by atoms with Crippen molar-refractivity contribution < 1.29 is 22.7 Å². The van der Waals surface area contributed by atoms with Crippen LogP contribution in [0.1, 0.15) is 24.2 Å². The molecule has 37 heavy (non-hydrogen) atoms. The van der Waals surface area contributed by atoms with Gasteiger partial charge in [-0.25, -0.2) is 8.42 Å². The summed E-state index contributed by atoms with van der Waals surface area (Å²) in [7, 11) is -3.83. The van der Waals surface area contributed by atoms with Crippen LogP contribution >= 0.6 is 22.9 Å². The molecule has 1 aromatic heterocycles. The Morgan fingerprint density at radius 3 is 2.38 bits per heavy atom. The van der Waals surface area contributed by atoms with Gasteiger partial charge in [0.2, 0.25) is 0 Å². The number of esters is 1. The summed E-state index contributed by atoms with van der Waals surface area (Å²) in [4.78, 5) is 29.8. The van der Waals surface area contributed by atoms with E-state index < -0.39 is 21.9 Å². The molecule has 0 aliphatic heterocycles. The molecule has 0 atom stereocenters. The largest absolute Gasteiger partial charge is 0.465 e. The molecule has 3 aromatic carbocycles. The smallest absolute Gasteiger partial charge is 0.326 e. The number of rotatable bonds is 8. The average molecular weight is 558 g/mol. The number of ether oxygens (including phenoxy) is 1. The fourth-order valence-corrected chi connectivity index (χ4v) is 6.53. The lowest BCUT2D eigenvalue weighted by Gasteiger charge is -2.22. The normalized spacial score (nSPS) is 12.0. The number of hydrogen-bond acceptors (Lipinski definition) is 6. The van der Waals surface area contributed by atoms with E-state index >= 15 is 0 Å². The van der Waals surface area contributed by atoms with Gasteiger partial charge >= 0.3 is 5.97 Å². The molecule has 0 fully saturated rings. The Morgan fingerprint density at radius 1 is 1.03 bits per heavy atom. The van der Waals surface area contributed by atoms with Crippen LogP contribution in [0.5, 0.6) is 0 Å². The van der Waals surface area contributed by atoms with Crippen molar-refractivity contribution in [1.29, 1.82) is 0 Å². The van der Waals surface area contributed by atoms with E-state index in [4.69, 9.17) is 16.3 Å². The fraction of sp³-hybridized carbons (Fsp3) is 0.192. The number of carbonyl (C=O) groups is 2. The average Bonchev–Trinajstić information content (AvgIpc) is 3.20. The Hall–Kier alpha value is -3.47. The second-order valence-corrected chi connectivity index (χ2v) is 11.1. The molecule has 0 unspecified atom stereocenters. The molecule has 4 rings (SSSR count). The summed E-state index contributed by atoms with van der Waals surface area (Å²) in [5.74, 6) is -1.03. The van der Waals surface area contributed by atoms with Crippen molar-refractivity contribution in [3.05, 3.63) is 88.2 Å². The number of para-hydroxylation sites is 1. The van der Waals surface area contributed by atoms with Crippen molar-refractivity contribution in [3.63, 3.8) is 0 Å². The lowest BCUT2D eigenvalue weighted by molar-refractivity contribution is -0.143. The molecular formula is C26H24ClN3O5S2. The number of fused-ring (bicyclic) bond motifs is 1. The maximum atomic E-state index is 13.2. The van der Waals surface area contributed by atoms with Crippen LogP contribution in [0.15, 0.2) is 82.7 Å². The van der Waals surface area contributed by atoms with Gasteiger partial charge in [-0.15, -0.1) is 0 Å². The Kier molecular flexibility index (Phi) is 8.11. The van der Waals surface area contributed by atoms with Crippen molar-refractivity contribution in [3.8, 4) is 0 Å². The van der Waals surface area contributed by atoms with Crippen molar-refractivity contribution >= 4 is 60.7 Å². The highest BCUT2D eigenvalue weighted by Crippen LogP contribution is 2.24. The summed E-state index contributed by atoms with van der Waals surface area (Å²) in [6.07, 6.45) is 0. The predicted octanol–water partition coefficient (Wildman–Crippen LogP) is 4.88. The zero-order valence-corrected chi connectivity index (χ0v) is 22.5. The second kappa shape index (κ2) is 11.3. The molecule has 4 aromatic rings. The summed E-state index contributed by atoms with van der Waals surface area (Å²) in [6, 6.07) is 19.6. The number of anilines is 1. The van der Waals surface area contributed by atoms with Crippen LogP contribution in [-0.2, 0) is 26.1 Å². The summed E-state index contributed by atoms with van der Waals surface area (Å²) < 4.78 is 35.2. The molecule has 0 bridgehead atoms. The zero-order valence-electron chi connectivity index (χ0n) is 20.1. The fourth-order valence-electron chi connectivity index (χ4n) is 3.75. The maximum Gasteiger partial charge on any atom is 0.326 e. The van der Waals surface area contributed by atoms with Gasteiger partial charge in [0.25, 0.3) is 15.9 Å². The minimum Gasteiger partial charge on any atom is -0.465 e. The highest BCUT2D eigenvalue weighted by Gasteiger charge is 2.24. The number of sulfonamides is 1. The Balaban J connectivity index is 1.67. The van der Waals surface area contributed by atoms with Gasteiger partial charge in [-0.3, -0.25) is 13.9 Å². The van der Waals surface area contributed by atoms with Crippen molar-refractivity contribution in [2.45, 2.75) is 25.3 Å². The van der Waals surface area contributed by atoms with Crippen LogP contribution in [0, 0.1) is 0 Å². The lowest BCUT2D eigenvalue weighted by Crippen LogP contribution is -2.30. The molecule has 0 radical (unpaired) electrons. The Bertz CT molecular complexity index is 1610. The minimum atomic E-state index is -3.83. The number of amides is 1. The monoisotopic (exact) mass is 557 g/mol. The molecule has 0 aliphatic carbocycles. The lowest BCUT2D eigenvalue weighted by atomic mass is 10.2. The van der Waals surface area contributed by atoms with Gasteiger partial charge in [-0.2, -0.15) is 4.99 Å². The molecule has 0 spiro atoms. The van der Waals surface area contributed by atoms with E-state index in [1.165, 1.54) is 39.9 Å². The number of benzene rings is 3. The number of halogens is 1. The molecule has 192 valence electrons. The SMILES string of the molecule is CCOC(=O)Cn1c(=NC(=O)c2ccc(S(=O)(=O)N(CC)c3ccccc3)cc2)sc2cc(Cl)ccc21. The van der Waals surface area contributed by atoms with Crippen LogP contribution in [0.2, 0.25) is 5.02 Å². The molecule has 1 heterocycles. The molecule has 8 nitrogen and oxygen atoms in total. The standard InChI is InChI=1S/C26H24ClN3O5S2/c1-3-30(20-8-6-5-7-9-20)37(33,34)21-13-10-18(11-14-21)25(32)28-26-29(17-24(31)35-4-2)22-15-12-19(27)16-23(22)36-26/h5-16H,3-4,17H2,1-2H3. The first kappa shape index (κ1) is 26.6. The number of aromatic nitrogens is 1. The van der Waals surface area contributed by atoms with Gasteiger partial charge in [0.1, 0.15) is 6.54 Å². The van der Waals surface area contributed by atoms with Crippen LogP contribution in [0.3, 0.4) is 0 Å². The number of thiazole rings is 1. The number of nitrogens with zero attached hydrogens (tertiary/aromatic N) is 3. The summed E-state index contributed by atoms with van der Waals surface area (Å²) in [6.45, 7) is 3.83. The molecule has 11 heteroatoms. The summed E-state index contributed by atoms with van der Waals surface area (Å²) in [5, 5.41) is 0.517. The molecule has 0 saturated carbocycles. The highest BCUT2D eigenvalue weighted by molar-refractivity contribution is 7.92. The van der Waals surface area contributed by atoms with Crippen molar-refractivity contribution in [2.75, 3.05) is 17.5 Å². The van der Waals surface area contributed by atoms with E-state index in [2.05, 4.69) is 4.99 Å². The molecule has 1 amide bonds. The van der Waals surface area contributed by atoms with Gasteiger partial charge in [0.15, 0.2) is 4.80 Å². The number of hydrogen-bond donors (Lipinski definition) is 0. The van der Waals surface area contributed by atoms with Gasteiger partial charge in [0.05, 0.1) is 27.4 Å². The quantitative estimate of drug-likeness (QED) is 0.288. The third kappa shape index (κ3) is 5.76. The van der Waals surface area contributed by atoms with E-state index in [9.17, 15) is 18.0 Å². The molecule has 0 aliphatic rings. The summed E-state index contributed by atoms with van der Waals surface area (Å²) in [5.41, 5.74) is 1.45. The van der Waals surface area contributed by atoms with E-state index in [1.54, 1.807) is 60.9 Å². The third-order valence-electron chi connectivity index (χ3n) is 5.46. The van der Waals surface area contributed by atoms with Gasteiger partial charge in [-0.05, 0) is 68.4 Å². The Morgan fingerprint density at radius 2 is 1.73 bits per heavy atom. The molecule has 0 saturated heterocycles. The number of carbonyl (C=O) groups excluding carboxylic acids is 2. The first-order valence-electron chi connectivity index (χ1n) is 11.5. The van der Waals surface area contributed by atoms with E-state index in [0.29, 0.717) is 21.0 Å². The van der Waals surface area contributed by atoms with Crippen LogP contribution in [-0.4, -0.2) is 38.0 Å². The van der Waals surface area contributed by atoms with Gasteiger partial charge in [-0.1, -0.05) is 41.1 Å². The predicted molar refractivity (Wildman–Crippen MR) is 144 cm³/mol. The second-order valence-electron chi connectivity index (χ2n) is 7.83. The van der Waals surface area contributed by atoms with Crippen molar-refractivity contribution in [2.24, 2.45) is 4.99 Å². The highest BCUT2D eigenvalue weighted by atomic mass is 35.5. The first-order chi connectivity index (χ1) is 17.7. The Labute approximate surface area is 223 Å². The van der Waals surface area contributed by atoms with Crippen LogP contribution < -0.4 is 9.11 Å². The topological polar surface area (TPSA) is 98.0 Å². The van der Waals surface area contributed by atoms with E-state index in [0.717, 1.165) is 4.70 Å².